The van der Waals surface area contributed by atoms with Crippen LogP contribution >= 0.6 is 0 Å². The van der Waals surface area contributed by atoms with E-state index in [4.69, 9.17) is 33.6 Å². The first kappa shape index (κ1) is 45.9. The number of aromatic hydroxyl groups is 1. The minimum absolute atomic E-state index is 0.0635. The van der Waals surface area contributed by atoms with Gasteiger partial charge < -0.3 is 49.0 Å². The second kappa shape index (κ2) is 34.9. The molecule has 4 N–H and O–H groups in total. The van der Waals surface area contributed by atoms with Crippen LogP contribution in [0.25, 0.3) is 11.0 Å². The van der Waals surface area contributed by atoms with Gasteiger partial charge in [-0.05, 0) is 43.7 Å². The summed E-state index contributed by atoms with van der Waals surface area (Å²) in [7, 11) is 3.52. The number of nitrogens with zero attached hydrogens (tertiary/aromatic N) is 1. The minimum Gasteiger partial charge on any atom is -0.504 e. The van der Waals surface area contributed by atoms with Crippen molar-refractivity contribution in [1.29, 1.82) is 0 Å². The SMILES string of the molecule is C=O.CC.CC.CCCO.CNc1cnc2[nH]c(C)cc2c1.COCCOCCOCCOCCOc1ccc(C=O)cc1O. The van der Waals surface area contributed by atoms with Gasteiger partial charge in [0.15, 0.2) is 11.5 Å². The van der Waals surface area contributed by atoms with Gasteiger partial charge in [0.05, 0.1) is 58.1 Å². The summed E-state index contributed by atoms with van der Waals surface area (Å²) in [5.41, 5.74) is 3.54. The Morgan fingerprint density at radius 1 is 0.911 bits per heavy atom. The maximum atomic E-state index is 10.5. The lowest BCUT2D eigenvalue weighted by Crippen LogP contribution is -2.13. The quantitative estimate of drug-likeness (QED) is 0.117. The van der Waals surface area contributed by atoms with Crippen molar-refractivity contribution in [3.8, 4) is 11.5 Å². The van der Waals surface area contributed by atoms with Crippen LogP contribution in [0.15, 0.2) is 36.5 Å². The maximum absolute atomic E-state index is 10.5. The number of benzene rings is 1. The molecule has 0 aliphatic heterocycles. The van der Waals surface area contributed by atoms with Crippen molar-refractivity contribution < 1.29 is 43.5 Å². The fourth-order valence-electron chi connectivity index (χ4n) is 2.91. The normalized spacial score (nSPS) is 9.27. The third kappa shape index (κ3) is 24.5. The zero-order valence-electron chi connectivity index (χ0n) is 28.5. The number of aldehydes is 1. The van der Waals surface area contributed by atoms with Gasteiger partial charge >= 0.3 is 0 Å². The van der Waals surface area contributed by atoms with E-state index in [0.717, 1.165) is 28.8 Å². The molecule has 0 spiro atoms. The first-order chi connectivity index (χ1) is 22.0. The van der Waals surface area contributed by atoms with E-state index in [1.807, 2.05) is 61.6 Å². The molecule has 45 heavy (non-hydrogen) atoms. The molecule has 0 aliphatic rings. The Labute approximate surface area is 269 Å². The number of pyridine rings is 1. The van der Waals surface area contributed by atoms with Gasteiger partial charge in [0, 0.05) is 37.4 Å². The van der Waals surface area contributed by atoms with Gasteiger partial charge in [-0.2, -0.15) is 0 Å². The number of aliphatic hydroxyl groups is 1. The minimum atomic E-state index is -0.0635. The van der Waals surface area contributed by atoms with Crippen molar-refractivity contribution in [3.05, 3.63) is 47.8 Å². The topological polar surface area (TPSA) is 161 Å². The number of hydrogen-bond acceptors (Lipinski definition) is 11. The smallest absolute Gasteiger partial charge is 0.161 e. The second-order valence-corrected chi connectivity index (χ2v) is 8.11. The Hall–Kier alpha value is -3.55. The first-order valence-corrected chi connectivity index (χ1v) is 15.1. The molecule has 3 aromatic rings. The number of nitrogens with one attached hydrogen (secondary N) is 2. The van der Waals surface area contributed by atoms with Crippen LogP contribution in [0.5, 0.6) is 11.5 Å². The van der Waals surface area contributed by atoms with Gasteiger partial charge in [0.1, 0.15) is 25.3 Å². The maximum Gasteiger partial charge on any atom is 0.161 e. The monoisotopic (exact) mass is 639 g/mol. The number of carbonyl (C=O) groups is 2. The van der Waals surface area contributed by atoms with E-state index in [1.54, 1.807) is 19.2 Å². The number of ether oxygens (including phenoxy) is 5. The average molecular weight is 640 g/mol. The molecule has 2 aromatic heterocycles. The average Bonchev–Trinajstić information content (AvgIpc) is 3.48. The van der Waals surface area contributed by atoms with Crippen LogP contribution in [0, 0.1) is 6.92 Å². The number of methoxy groups -OCH3 is 1. The molecule has 0 saturated carbocycles. The molecular formula is C33H57N3O9. The van der Waals surface area contributed by atoms with Crippen LogP contribution in [0.1, 0.15) is 57.1 Å². The molecule has 0 atom stereocenters. The van der Waals surface area contributed by atoms with E-state index >= 15 is 0 Å². The number of rotatable bonds is 16. The van der Waals surface area contributed by atoms with Gasteiger partial charge in [-0.3, -0.25) is 4.79 Å². The summed E-state index contributed by atoms with van der Waals surface area (Å²) in [6, 6.07) is 8.64. The number of aromatic amines is 1. The fourth-order valence-corrected chi connectivity index (χ4v) is 2.91. The van der Waals surface area contributed by atoms with Gasteiger partial charge in [-0.1, -0.05) is 34.6 Å². The van der Waals surface area contributed by atoms with Crippen molar-refractivity contribution in [2.24, 2.45) is 0 Å². The number of aryl methyl sites for hydroxylation is 1. The third-order valence-corrected chi connectivity index (χ3v) is 4.90. The van der Waals surface area contributed by atoms with E-state index in [2.05, 4.69) is 27.4 Å². The van der Waals surface area contributed by atoms with E-state index in [9.17, 15) is 9.90 Å². The Balaban J connectivity index is -0.000000665. The molecule has 0 aliphatic carbocycles. The van der Waals surface area contributed by atoms with Crippen LogP contribution in [0.3, 0.4) is 0 Å². The van der Waals surface area contributed by atoms with Crippen molar-refractivity contribution >= 4 is 29.8 Å². The highest BCUT2D eigenvalue weighted by molar-refractivity contribution is 5.79. The number of aromatic nitrogens is 2. The number of H-pyrrole nitrogens is 1. The number of aliphatic hydroxyl groups excluding tert-OH is 1. The number of phenolic OH excluding ortho intramolecular Hbond substituents is 1. The molecule has 12 heteroatoms. The highest BCUT2D eigenvalue weighted by Crippen LogP contribution is 2.26. The van der Waals surface area contributed by atoms with Gasteiger partial charge in [-0.25, -0.2) is 4.98 Å². The summed E-state index contributed by atoms with van der Waals surface area (Å²) >= 11 is 0. The largest absolute Gasteiger partial charge is 0.504 e. The molecule has 2 heterocycles. The molecule has 0 saturated heterocycles. The Morgan fingerprint density at radius 3 is 1.91 bits per heavy atom. The van der Waals surface area contributed by atoms with Crippen LogP contribution in [-0.2, 0) is 23.7 Å². The molecule has 0 bridgehead atoms. The van der Waals surface area contributed by atoms with Crippen molar-refractivity contribution in [2.45, 2.75) is 48.0 Å². The first-order valence-electron chi connectivity index (χ1n) is 15.1. The van der Waals surface area contributed by atoms with E-state index in [-0.39, 0.29) is 5.75 Å². The highest BCUT2D eigenvalue weighted by atomic mass is 16.6. The molecule has 258 valence electrons. The highest BCUT2D eigenvalue weighted by Gasteiger charge is 2.03. The van der Waals surface area contributed by atoms with Crippen molar-refractivity contribution in [3.63, 3.8) is 0 Å². The molecular weight excluding hydrogens is 582 g/mol. The summed E-state index contributed by atoms with van der Waals surface area (Å²) in [5.74, 6) is 0.259. The standard InChI is InChI=1S/C16H24O7.C9H11N3.C3H8O.2C2H6.CH2O/c1-19-4-5-20-6-7-21-8-9-22-10-11-23-16-3-2-14(13-17)12-15(16)18;1-6-3-7-4-8(10-2)5-11-9(7)12-6;1-2-3-4;3*1-2/h2-3,12-13,18H,4-11H2,1H3;3-5,10H,1-2H3,(H,11,12);4H,2-3H2,1H3;2*1-2H3;1H2. The number of fused-ring (bicyclic) bond motifs is 1. The number of anilines is 1. The molecule has 0 radical (unpaired) electrons. The molecule has 0 fully saturated rings. The Morgan fingerprint density at radius 2 is 1.44 bits per heavy atom. The zero-order valence-corrected chi connectivity index (χ0v) is 28.5. The fraction of sp³-hybridized carbons (Fsp3) is 0.545. The lowest BCUT2D eigenvalue weighted by Gasteiger charge is -2.09. The summed E-state index contributed by atoms with van der Waals surface area (Å²) in [6.07, 6.45) is 3.35. The van der Waals surface area contributed by atoms with Crippen LogP contribution in [0.2, 0.25) is 0 Å². The van der Waals surface area contributed by atoms with Gasteiger partial charge in [0.25, 0.3) is 0 Å². The zero-order chi connectivity index (χ0) is 34.7. The molecule has 0 unspecified atom stereocenters. The lowest BCUT2D eigenvalue weighted by atomic mass is 10.2. The summed E-state index contributed by atoms with van der Waals surface area (Å²) in [6.45, 7) is 18.1. The van der Waals surface area contributed by atoms with E-state index in [1.165, 1.54) is 6.07 Å². The predicted octanol–water partition coefficient (Wildman–Crippen LogP) is 5.45. The molecule has 1 aromatic carbocycles. The van der Waals surface area contributed by atoms with E-state index in [0.29, 0.717) is 77.1 Å². The number of hydrogen-bond donors (Lipinski definition) is 4. The summed E-state index contributed by atoms with van der Waals surface area (Å²) < 4.78 is 26.1. The number of phenols is 1. The van der Waals surface area contributed by atoms with Crippen LogP contribution in [0.4, 0.5) is 5.69 Å². The summed E-state index contributed by atoms with van der Waals surface area (Å²) in [4.78, 5) is 26.0. The van der Waals surface area contributed by atoms with Crippen LogP contribution < -0.4 is 10.1 Å². The second-order valence-electron chi connectivity index (χ2n) is 8.11. The molecule has 12 nitrogen and oxygen atoms in total. The molecule has 0 amide bonds. The van der Waals surface area contributed by atoms with E-state index < -0.39 is 0 Å². The van der Waals surface area contributed by atoms with Crippen molar-refractivity contribution in [2.75, 3.05) is 78.9 Å². The third-order valence-electron chi connectivity index (χ3n) is 4.90. The van der Waals surface area contributed by atoms with Gasteiger partial charge in [-0.15, -0.1) is 0 Å². The Kier molecular flexibility index (Phi) is 35.6. The lowest BCUT2D eigenvalue weighted by molar-refractivity contribution is -0.0980. The van der Waals surface area contributed by atoms with Crippen molar-refractivity contribution in [1.82, 2.24) is 9.97 Å². The predicted molar refractivity (Wildman–Crippen MR) is 181 cm³/mol. The Bertz CT molecular complexity index is 1060. The summed E-state index contributed by atoms with van der Waals surface area (Å²) in [5, 5.41) is 21.7. The van der Waals surface area contributed by atoms with Gasteiger partial charge in [0.2, 0.25) is 0 Å². The number of carbonyl (C=O) groups excluding carboxylic acids is 2. The molecule has 3 rings (SSSR count). The van der Waals surface area contributed by atoms with Crippen LogP contribution in [-0.4, -0.2) is 107 Å².